The van der Waals surface area contributed by atoms with E-state index in [1.165, 1.54) is 148 Å². The van der Waals surface area contributed by atoms with Gasteiger partial charge >= 0.3 is 0 Å². The van der Waals surface area contributed by atoms with Gasteiger partial charge in [-0.25, -0.2) is 0 Å². The summed E-state index contributed by atoms with van der Waals surface area (Å²) in [7, 11) is 0. The second-order valence-electron chi connectivity index (χ2n) is 21.1. The lowest BCUT2D eigenvalue weighted by molar-refractivity contribution is -0.359. The van der Waals surface area contributed by atoms with Gasteiger partial charge in [-0.15, -0.1) is 0 Å². The second kappa shape index (κ2) is 45.9. The molecule has 12 atom stereocenters. The van der Waals surface area contributed by atoms with Gasteiger partial charge < -0.3 is 65.1 Å². The van der Waals surface area contributed by atoms with Gasteiger partial charge in [-0.2, -0.15) is 0 Å². The molecule has 0 saturated carbocycles. The zero-order chi connectivity index (χ0) is 53.9. The molecule has 0 aromatic heterocycles. The lowest BCUT2D eigenvalue weighted by Crippen LogP contribution is -2.65. The van der Waals surface area contributed by atoms with Crippen molar-refractivity contribution in [2.75, 3.05) is 19.8 Å². The minimum absolute atomic E-state index is 0.258. The minimum atomic E-state index is -1.79. The highest BCUT2D eigenvalue weighted by molar-refractivity contribution is 5.76. The van der Waals surface area contributed by atoms with Crippen molar-refractivity contribution in [1.82, 2.24) is 5.32 Å². The maximum atomic E-state index is 13.2. The molecule has 2 rings (SSSR count). The van der Waals surface area contributed by atoms with Crippen LogP contribution in [0, 0.1) is 0 Å². The first-order valence-electron chi connectivity index (χ1n) is 29.9. The van der Waals surface area contributed by atoms with Gasteiger partial charge in [-0.3, -0.25) is 4.79 Å². The Kier molecular flexibility index (Phi) is 42.2. The predicted molar refractivity (Wildman–Crippen MR) is 295 cm³/mol. The summed E-state index contributed by atoms with van der Waals surface area (Å²) in [6.45, 7) is 2.78. The molecule has 14 heteroatoms. The van der Waals surface area contributed by atoms with E-state index >= 15 is 0 Å². The van der Waals surface area contributed by atoms with E-state index in [-0.39, 0.29) is 18.9 Å². The van der Waals surface area contributed by atoms with Crippen LogP contribution in [0.3, 0.4) is 0 Å². The normalized spacial score (nSPS) is 25.5. The largest absolute Gasteiger partial charge is 0.394 e. The lowest BCUT2D eigenvalue weighted by atomic mass is 9.97. The fourth-order valence-corrected chi connectivity index (χ4v) is 9.61. The monoisotopic (exact) mass is 1050 g/mol. The van der Waals surface area contributed by atoms with Gasteiger partial charge in [-0.05, 0) is 70.6 Å². The lowest BCUT2D eigenvalue weighted by Gasteiger charge is -2.46. The summed E-state index contributed by atoms with van der Waals surface area (Å²) < 4.78 is 22.7. The summed E-state index contributed by atoms with van der Waals surface area (Å²) in [5.74, 6) is -0.258. The van der Waals surface area contributed by atoms with Crippen LogP contribution in [0.1, 0.15) is 232 Å². The Labute approximate surface area is 448 Å². The molecule has 0 radical (unpaired) electrons. The van der Waals surface area contributed by atoms with E-state index in [9.17, 15) is 45.6 Å². The van der Waals surface area contributed by atoms with Gasteiger partial charge in [0.15, 0.2) is 12.6 Å². The van der Waals surface area contributed by atoms with Crippen LogP contribution in [-0.2, 0) is 23.7 Å². The zero-order valence-corrected chi connectivity index (χ0v) is 46.3. The Morgan fingerprint density at radius 1 is 0.473 bits per heavy atom. The maximum absolute atomic E-state index is 13.2. The van der Waals surface area contributed by atoms with Crippen molar-refractivity contribution in [3.63, 3.8) is 0 Å². The standard InChI is InChI=1S/C60H109NO13/c1-3-5-7-9-11-13-15-17-19-21-23-24-25-26-27-29-31-33-35-37-39-41-43-49(64)48(61-52(65)44-42-40-38-36-34-32-30-28-22-20-18-16-14-12-10-8-6-4-2)47-71-59-57(70)55(68)58(51(46-63)73-59)74-60-56(69)54(67)53(66)50(45-62)72-60/h20,22,26-27,33,35,41,43,48-51,53-60,62-64,66-70H,3-19,21,23-25,28-32,34,36-40,42,44-47H2,1-2H3,(H,61,65)/b22-20-,27-26+,35-33+,43-41+. The molecule has 2 heterocycles. The number of nitrogens with one attached hydrogen (secondary N) is 1. The average molecular weight is 1050 g/mol. The van der Waals surface area contributed by atoms with Gasteiger partial charge in [0.05, 0.1) is 32.0 Å². The Balaban J connectivity index is 1.80. The number of allylic oxidation sites excluding steroid dienone is 7. The fraction of sp³-hybridized carbons (Fsp3) is 0.850. The highest BCUT2D eigenvalue weighted by Gasteiger charge is 2.51. The molecule has 12 unspecified atom stereocenters. The number of ether oxygens (including phenoxy) is 4. The third-order valence-corrected chi connectivity index (χ3v) is 14.5. The number of hydrogen-bond acceptors (Lipinski definition) is 13. The smallest absolute Gasteiger partial charge is 0.220 e. The van der Waals surface area contributed by atoms with Crippen LogP contribution < -0.4 is 5.32 Å². The summed E-state index contributed by atoms with van der Waals surface area (Å²) in [4.78, 5) is 13.2. The number of carbonyl (C=O) groups excluding carboxylic acids is 1. The summed E-state index contributed by atoms with van der Waals surface area (Å²) in [5, 5.41) is 87.0. The van der Waals surface area contributed by atoms with Crippen molar-refractivity contribution in [2.45, 2.75) is 306 Å². The molecule has 0 spiro atoms. The first-order valence-corrected chi connectivity index (χ1v) is 29.9. The highest BCUT2D eigenvalue weighted by Crippen LogP contribution is 2.30. The maximum Gasteiger partial charge on any atom is 0.220 e. The molecule has 2 aliphatic rings. The molecule has 0 aromatic carbocycles. The van der Waals surface area contributed by atoms with Gasteiger partial charge in [0, 0.05) is 6.42 Å². The Morgan fingerprint density at radius 3 is 1.32 bits per heavy atom. The van der Waals surface area contributed by atoms with E-state index in [0.717, 1.165) is 51.4 Å². The SMILES string of the molecule is CCCCCCCCC/C=C\CCCCCCCCCC(=O)NC(COC1OC(CO)C(OC2OC(CO)C(O)C(O)C2O)C(O)C1O)C(O)/C=C/CC/C=C/CC/C=C/CCCCCCCCCCCCCC. The van der Waals surface area contributed by atoms with Crippen molar-refractivity contribution >= 4 is 5.91 Å². The topological polar surface area (TPSA) is 228 Å². The number of unbranched alkanes of at least 4 members (excludes halogenated alkanes) is 28. The van der Waals surface area contributed by atoms with E-state index in [0.29, 0.717) is 12.8 Å². The van der Waals surface area contributed by atoms with E-state index < -0.39 is 86.8 Å². The van der Waals surface area contributed by atoms with Crippen molar-refractivity contribution in [2.24, 2.45) is 0 Å². The molecule has 74 heavy (non-hydrogen) atoms. The zero-order valence-electron chi connectivity index (χ0n) is 46.3. The minimum Gasteiger partial charge on any atom is -0.394 e. The number of rotatable bonds is 47. The van der Waals surface area contributed by atoms with Crippen LogP contribution >= 0.6 is 0 Å². The van der Waals surface area contributed by atoms with Crippen molar-refractivity contribution in [3.8, 4) is 0 Å². The summed E-state index contributed by atoms with van der Waals surface area (Å²) >= 11 is 0. The highest BCUT2D eigenvalue weighted by atomic mass is 16.7. The van der Waals surface area contributed by atoms with Crippen LogP contribution in [0.25, 0.3) is 0 Å². The van der Waals surface area contributed by atoms with Crippen molar-refractivity contribution < 1.29 is 64.6 Å². The van der Waals surface area contributed by atoms with Crippen LogP contribution in [0.2, 0.25) is 0 Å². The number of carbonyl (C=O) groups is 1. The third kappa shape index (κ3) is 31.4. The van der Waals surface area contributed by atoms with Gasteiger partial charge in [0.2, 0.25) is 5.91 Å². The molecule has 1 amide bonds. The van der Waals surface area contributed by atoms with Crippen molar-refractivity contribution in [1.29, 1.82) is 0 Å². The molecule has 432 valence electrons. The molecule has 2 fully saturated rings. The molecule has 2 saturated heterocycles. The van der Waals surface area contributed by atoms with Gasteiger partial charge in [0.25, 0.3) is 0 Å². The molecular formula is C60H109NO13. The second-order valence-corrected chi connectivity index (χ2v) is 21.1. The Hall–Kier alpha value is -2.05. The predicted octanol–water partition coefficient (Wildman–Crippen LogP) is 10.0. The van der Waals surface area contributed by atoms with Crippen LogP contribution in [0.5, 0.6) is 0 Å². The first-order chi connectivity index (χ1) is 36.1. The molecular weight excluding hydrogens is 943 g/mol. The first kappa shape index (κ1) is 68.1. The number of aliphatic hydroxyl groups excluding tert-OH is 8. The molecule has 2 aliphatic heterocycles. The average Bonchev–Trinajstić information content (AvgIpc) is 3.40. The van der Waals surface area contributed by atoms with E-state index in [1.807, 2.05) is 6.08 Å². The summed E-state index contributed by atoms with van der Waals surface area (Å²) in [5.41, 5.74) is 0. The molecule has 0 aromatic rings. The molecule has 9 N–H and O–H groups in total. The van der Waals surface area contributed by atoms with Gasteiger partial charge in [0.1, 0.15) is 48.8 Å². The van der Waals surface area contributed by atoms with Crippen LogP contribution in [0.15, 0.2) is 48.6 Å². The Morgan fingerprint density at radius 2 is 0.865 bits per heavy atom. The third-order valence-electron chi connectivity index (χ3n) is 14.5. The quantitative estimate of drug-likeness (QED) is 0.0205. The van der Waals surface area contributed by atoms with E-state index in [1.54, 1.807) is 6.08 Å². The molecule has 14 nitrogen and oxygen atoms in total. The number of aliphatic hydroxyl groups is 8. The molecule has 0 aliphatic carbocycles. The number of hydrogen-bond donors (Lipinski definition) is 9. The van der Waals surface area contributed by atoms with E-state index in [2.05, 4.69) is 55.6 Å². The Bertz CT molecular complexity index is 1430. The van der Waals surface area contributed by atoms with Crippen molar-refractivity contribution in [3.05, 3.63) is 48.6 Å². The van der Waals surface area contributed by atoms with Gasteiger partial charge in [-0.1, -0.05) is 204 Å². The van der Waals surface area contributed by atoms with Crippen LogP contribution in [-0.4, -0.2) is 140 Å². The summed E-state index contributed by atoms with van der Waals surface area (Å²) in [6, 6.07) is -0.941. The van der Waals surface area contributed by atoms with Crippen LogP contribution in [0.4, 0.5) is 0 Å². The fourth-order valence-electron chi connectivity index (χ4n) is 9.61. The number of amides is 1. The molecule has 0 bridgehead atoms. The summed E-state index contributed by atoms with van der Waals surface area (Å²) in [6.07, 6.45) is 40.1. The van der Waals surface area contributed by atoms with E-state index in [4.69, 9.17) is 18.9 Å².